The van der Waals surface area contributed by atoms with Crippen LogP contribution in [0.3, 0.4) is 0 Å². The lowest BCUT2D eigenvalue weighted by Gasteiger charge is -2.17. The Kier molecular flexibility index (Phi) is 10.6. The lowest BCUT2D eigenvalue weighted by Crippen LogP contribution is -2.32. The van der Waals surface area contributed by atoms with Gasteiger partial charge in [-0.15, -0.1) is 5.06 Å². The molecule has 2 aromatic rings. The van der Waals surface area contributed by atoms with Crippen molar-refractivity contribution in [3.63, 3.8) is 0 Å². The van der Waals surface area contributed by atoms with E-state index in [2.05, 4.69) is 10.6 Å². The number of aryl methyl sites for hydroxylation is 1. The fourth-order valence-electron chi connectivity index (χ4n) is 5.19. The number of hydroxylamine groups is 2. The van der Waals surface area contributed by atoms with Crippen LogP contribution in [-0.2, 0) is 24.0 Å². The summed E-state index contributed by atoms with van der Waals surface area (Å²) in [6, 6.07) is 14.9. The van der Waals surface area contributed by atoms with E-state index in [1.54, 1.807) is 30.3 Å². The van der Waals surface area contributed by atoms with Gasteiger partial charge in [-0.25, -0.2) is 4.79 Å². The molecule has 3 N–H and O–H groups in total. The number of phenols is 1. The van der Waals surface area contributed by atoms with Crippen LogP contribution in [0.1, 0.15) is 48.0 Å². The predicted molar refractivity (Wildman–Crippen MR) is 175 cm³/mol. The zero-order chi connectivity index (χ0) is 33.5. The predicted octanol–water partition coefficient (Wildman–Crippen LogP) is 3.94. The second kappa shape index (κ2) is 14.9. The molecule has 12 nitrogen and oxygen atoms in total. The van der Waals surface area contributed by atoms with Gasteiger partial charge in [0.25, 0.3) is 17.7 Å². The van der Waals surface area contributed by atoms with Crippen molar-refractivity contribution in [3.8, 4) is 28.2 Å². The molecule has 4 amide bonds. The minimum absolute atomic E-state index is 0.0325. The molecule has 0 spiro atoms. The Morgan fingerprint density at radius 3 is 2.38 bits per heavy atom. The number of nitrogens with zero attached hydrogens (tertiary/aromatic N) is 1. The van der Waals surface area contributed by atoms with Gasteiger partial charge in [-0.1, -0.05) is 6.07 Å². The highest BCUT2D eigenvalue weighted by atomic mass is 32.2. The number of rotatable bonds is 13. The Labute approximate surface area is 273 Å². The minimum Gasteiger partial charge on any atom is -0.508 e. The van der Waals surface area contributed by atoms with Gasteiger partial charge in [0.1, 0.15) is 17.1 Å². The molecule has 0 unspecified atom stereocenters. The summed E-state index contributed by atoms with van der Waals surface area (Å²) in [5, 5.41) is 17.0. The first kappa shape index (κ1) is 33.2. The van der Waals surface area contributed by atoms with Crippen LogP contribution in [0.4, 0.5) is 0 Å². The van der Waals surface area contributed by atoms with E-state index in [1.165, 1.54) is 30.0 Å². The SMILES string of the molecule is Cc1cc(C(=O)NCCCCNC(=O)CSCCC(=O)ON2C(=O)CCC2=O)ccc1-c1c2ccc(=O)cc-2oc2cc(O)ccc12. The maximum Gasteiger partial charge on any atom is 0.334 e. The average Bonchev–Trinajstić information content (AvgIpc) is 3.35. The molecule has 0 saturated carbocycles. The molecule has 1 saturated heterocycles. The highest BCUT2D eigenvalue weighted by molar-refractivity contribution is 7.99. The molecule has 244 valence electrons. The molecule has 2 aromatic carbocycles. The fourth-order valence-corrected chi connectivity index (χ4v) is 5.94. The van der Waals surface area contributed by atoms with E-state index in [-0.39, 0.29) is 48.0 Å². The van der Waals surface area contributed by atoms with Gasteiger partial charge >= 0.3 is 5.97 Å². The summed E-state index contributed by atoms with van der Waals surface area (Å²) in [7, 11) is 0. The molecule has 1 aliphatic carbocycles. The van der Waals surface area contributed by atoms with Gasteiger partial charge in [0, 0.05) is 65.9 Å². The normalized spacial score (nSPS) is 12.9. The first-order valence-corrected chi connectivity index (χ1v) is 16.3. The van der Waals surface area contributed by atoms with E-state index >= 15 is 0 Å². The Bertz CT molecular complexity index is 1870. The number of thioether (sulfide) groups is 1. The largest absolute Gasteiger partial charge is 0.508 e. The van der Waals surface area contributed by atoms with Crippen molar-refractivity contribution < 1.29 is 38.3 Å². The van der Waals surface area contributed by atoms with E-state index in [4.69, 9.17) is 9.25 Å². The molecule has 3 aliphatic rings. The summed E-state index contributed by atoms with van der Waals surface area (Å²) < 4.78 is 5.93. The third-order valence-corrected chi connectivity index (χ3v) is 8.49. The number of phenolic OH excluding ortho intramolecular Hbond substituents is 1. The van der Waals surface area contributed by atoms with Crippen LogP contribution in [0.15, 0.2) is 63.8 Å². The number of carbonyl (C=O) groups is 5. The Morgan fingerprint density at radius 1 is 0.915 bits per heavy atom. The van der Waals surface area contributed by atoms with Crippen LogP contribution in [0.25, 0.3) is 33.4 Å². The van der Waals surface area contributed by atoms with Crippen molar-refractivity contribution in [3.05, 3.63) is 75.9 Å². The van der Waals surface area contributed by atoms with Crippen molar-refractivity contribution >= 4 is 52.3 Å². The zero-order valence-electron chi connectivity index (χ0n) is 25.6. The molecule has 5 rings (SSSR count). The number of unbranched alkanes of at least 4 members (excludes halogenated alkanes) is 1. The molecule has 0 aromatic heterocycles. The summed E-state index contributed by atoms with van der Waals surface area (Å²) in [5.74, 6) is -1.30. The number of hydrogen-bond donors (Lipinski definition) is 3. The molecular weight excluding hydrogens is 626 g/mol. The van der Waals surface area contributed by atoms with E-state index < -0.39 is 17.8 Å². The minimum atomic E-state index is -0.703. The zero-order valence-corrected chi connectivity index (χ0v) is 26.4. The van der Waals surface area contributed by atoms with Crippen molar-refractivity contribution in [2.24, 2.45) is 0 Å². The van der Waals surface area contributed by atoms with Gasteiger partial charge in [-0.3, -0.25) is 24.0 Å². The van der Waals surface area contributed by atoms with Crippen LogP contribution in [0, 0.1) is 6.92 Å². The summed E-state index contributed by atoms with van der Waals surface area (Å²) in [4.78, 5) is 76.5. The third-order valence-electron chi connectivity index (χ3n) is 7.53. The summed E-state index contributed by atoms with van der Waals surface area (Å²) >= 11 is 1.24. The number of fused-ring (bicyclic) bond motifs is 2. The quantitative estimate of drug-likeness (QED) is 0.108. The molecule has 1 fully saturated rings. The van der Waals surface area contributed by atoms with Crippen LogP contribution in [0.5, 0.6) is 5.75 Å². The molecule has 2 aliphatic heterocycles. The topological polar surface area (TPSA) is 172 Å². The average molecular weight is 660 g/mol. The number of benzene rings is 3. The smallest absolute Gasteiger partial charge is 0.334 e. The maximum atomic E-state index is 12.9. The van der Waals surface area contributed by atoms with Crippen LogP contribution in [-0.4, -0.2) is 64.4 Å². The lowest BCUT2D eigenvalue weighted by molar-refractivity contribution is -0.197. The molecule has 0 bridgehead atoms. The van der Waals surface area contributed by atoms with Crippen LogP contribution >= 0.6 is 11.8 Å². The number of aromatic hydroxyl groups is 1. The number of hydrogen-bond acceptors (Lipinski definition) is 10. The Balaban J connectivity index is 1.05. The van der Waals surface area contributed by atoms with E-state index in [9.17, 15) is 33.9 Å². The number of imide groups is 1. The highest BCUT2D eigenvalue weighted by Crippen LogP contribution is 2.41. The molecule has 13 heteroatoms. The molecule has 0 radical (unpaired) electrons. The maximum absolute atomic E-state index is 12.9. The van der Waals surface area contributed by atoms with Gasteiger partial charge in [0.2, 0.25) is 5.91 Å². The second-order valence-electron chi connectivity index (χ2n) is 11.0. The first-order valence-electron chi connectivity index (χ1n) is 15.1. The molecule has 0 atom stereocenters. The summed E-state index contributed by atoms with van der Waals surface area (Å²) in [5.41, 5.74) is 4.02. The van der Waals surface area contributed by atoms with E-state index in [0.717, 1.165) is 27.6 Å². The molecule has 2 heterocycles. The van der Waals surface area contributed by atoms with Crippen LogP contribution in [0.2, 0.25) is 0 Å². The first-order chi connectivity index (χ1) is 22.6. The highest BCUT2D eigenvalue weighted by Gasteiger charge is 2.32. The number of amides is 4. The van der Waals surface area contributed by atoms with E-state index in [0.29, 0.717) is 53.7 Å². The van der Waals surface area contributed by atoms with Gasteiger partial charge < -0.3 is 25.0 Å². The summed E-state index contributed by atoms with van der Waals surface area (Å²) in [6.07, 6.45) is 1.33. The van der Waals surface area contributed by atoms with E-state index in [1.807, 2.05) is 13.0 Å². The number of nitrogens with one attached hydrogen (secondary N) is 2. The van der Waals surface area contributed by atoms with Crippen molar-refractivity contribution in [2.45, 2.75) is 39.0 Å². The Morgan fingerprint density at radius 2 is 1.64 bits per heavy atom. The number of carbonyl (C=O) groups excluding carboxylic acids is 5. The standard InChI is InChI=1S/C34H33N3O9S/c1-20-16-21(4-7-24(20)33-25-8-5-22(38)17-27(25)45-28-18-23(39)6-9-26(28)33)34(44)36-14-3-2-13-35-29(40)19-47-15-12-32(43)46-37-30(41)10-11-31(37)42/h4-9,16-18,38H,2-3,10-15,19H2,1H3,(H,35,40)(H,36,44). The van der Waals surface area contributed by atoms with Crippen molar-refractivity contribution in [2.75, 3.05) is 24.6 Å². The fraction of sp³-hybridized carbons (Fsp3) is 0.294. The third kappa shape index (κ3) is 8.17. The van der Waals surface area contributed by atoms with Crippen LogP contribution < -0.4 is 16.1 Å². The molecule has 47 heavy (non-hydrogen) atoms. The lowest BCUT2D eigenvalue weighted by atomic mass is 9.90. The van der Waals surface area contributed by atoms with Gasteiger partial charge in [-0.2, -0.15) is 11.8 Å². The Hall–Kier alpha value is -5.17. The monoisotopic (exact) mass is 659 g/mol. The van der Waals surface area contributed by atoms with Crippen molar-refractivity contribution in [1.29, 1.82) is 0 Å². The van der Waals surface area contributed by atoms with Gasteiger partial charge in [0.15, 0.2) is 5.43 Å². The second-order valence-corrected chi connectivity index (χ2v) is 12.1. The summed E-state index contributed by atoms with van der Waals surface area (Å²) in [6.45, 7) is 2.76. The van der Waals surface area contributed by atoms with Gasteiger partial charge in [0.05, 0.1) is 12.2 Å². The molecular formula is C34H33N3O9S. The van der Waals surface area contributed by atoms with Gasteiger partial charge in [-0.05, 0) is 67.3 Å². The van der Waals surface area contributed by atoms with Crippen molar-refractivity contribution in [1.82, 2.24) is 15.7 Å².